The van der Waals surface area contributed by atoms with Crippen LogP contribution in [0.4, 0.5) is 0 Å². The molecule has 0 aromatic heterocycles. The Morgan fingerprint density at radius 1 is 1.39 bits per heavy atom. The Balaban J connectivity index is 2.34. The zero-order chi connectivity index (χ0) is 13.0. The highest BCUT2D eigenvalue weighted by atomic mass is 79.9. The molecule has 2 nitrogen and oxygen atoms in total. The highest BCUT2D eigenvalue weighted by Gasteiger charge is 2.21. The molecule has 1 atom stereocenters. The summed E-state index contributed by atoms with van der Waals surface area (Å²) in [6.07, 6.45) is 4.41. The van der Waals surface area contributed by atoms with Crippen LogP contribution < -0.4 is 5.32 Å². The lowest BCUT2D eigenvalue weighted by Crippen LogP contribution is -2.25. The molecule has 1 aliphatic rings. The molecule has 1 unspecified atom stereocenters. The largest absolute Gasteiger partial charge is 0.496 e. The normalized spacial score (nSPS) is 16.9. The number of ether oxygens (including phenoxy) is 1. The molecule has 0 aliphatic carbocycles. The van der Waals surface area contributed by atoms with E-state index in [0.29, 0.717) is 0 Å². The summed E-state index contributed by atoms with van der Waals surface area (Å²) in [5, 5.41) is 3.49. The molecule has 2 rings (SSSR count). The van der Waals surface area contributed by atoms with E-state index in [9.17, 15) is 0 Å². The predicted molar refractivity (Wildman–Crippen MR) is 81.5 cm³/mol. The number of halogens is 2. The van der Waals surface area contributed by atoms with Gasteiger partial charge in [0.1, 0.15) is 5.76 Å². The van der Waals surface area contributed by atoms with Crippen LogP contribution in [0.15, 0.2) is 39.0 Å². The maximum absolute atomic E-state index is 5.80. The Labute approximate surface area is 125 Å². The molecule has 0 radical (unpaired) electrons. The van der Waals surface area contributed by atoms with Crippen molar-refractivity contribution in [2.24, 2.45) is 0 Å². The van der Waals surface area contributed by atoms with Gasteiger partial charge in [-0.3, -0.25) is 0 Å². The number of nitrogens with one attached hydrogen (secondary N) is 1. The standard InChI is InChI=1S/C14H17Br2NO/c1-2-17-14(13-5-3-4-8-18-13)11-9-10(15)6-7-12(11)16/h5-7,9,14,17H,2-4,8H2,1H3. The highest BCUT2D eigenvalue weighted by molar-refractivity contribution is 9.11. The molecule has 1 heterocycles. The summed E-state index contributed by atoms with van der Waals surface area (Å²) in [5.74, 6) is 1.04. The van der Waals surface area contributed by atoms with Gasteiger partial charge in [0, 0.05) is 8.95 Å². The average Bonchev–Trinajstić information content (AvgIpc) is 2.40. The molecule has 18 heavy (non-hydrogen) atoms. The topological polar surface area (TPSA) is 21.3 Å². The molecule has 1 aliphatic heterocycles. The van der Waals surface area contributed by atoms with Crippen LogP contribution in [0.1, 0.15) is 31.4 Å². The van der Waals surface area contributed by atoms with Crippen molar-refractivity contribution in [3.63, 3.8) is 0 Å². The van der Waals surface area contributed by atoms with Gasteiger partial charge >= 0.3 is 0 Å². The lowest BCUT2D eigenvalue weighted by atomic mass is 10.0. The summed E-state index contributed by atoms with van der Waals surface area (Å²) in [7, 11) is 0. The van der Waals surface area contributed by atoms with Gasteiger partial charge in [-0.2, -0.15) is 0 Å². The molecular weight excluding hydrogens is 358 g/mol. The van der Waals surface area contributed by atoms with Crippen LogP contribution in [0.25, 0.3) is 0 Å². The van der Waals surface area contributed by atoms with E-state index < -0.39 is 0 Å². The third-order valence-electron chi connectivity index (χ3n) is 2.92. The third kappa shape index (κ3) is 3.37. The van der Waals surface area contributed by atoms with E-state index in [-0.39, 0.29) is 6.04 Å². The first-order valence-electron chi connectivity index (χ1n) is 6.23. The highest BCUT2D eigenvalue weighted by Crippen LogP contribution is 2.32. The second-order valence-corrected chi connectivity index (χ2v) is 6.02. The quantitative estimate of drug-likeness (QED) is 0.834. The Morgan fingerprint density at radius 2 is 2.22 bits per heavy atom. The lowest BCUT2D eigenvalue weighted by Gasteiger charge is -2.25. The van der Waals surface area contributed by atoms with Gasteiger partial charge in [0.05, 0.1) is 12.6 Å². The van der Waals surface area contributed by atoms with Gasteiger partial charge < -0.3 is 10.1 Å². The second-order valence-electron chi connectivity index (χ2n) is 4.25. The molecule has 0 amide bonds. The summed E-state index contributed by atoms with van der Waals surface area (Å²) in [5.41, 5.74) is 1.21. The Morgan fingerprint density at radius 3 is 2.89 bits per heavy atom. The van der Waals surface area contributed by atoms with Crippen molar-refractivity contribution in [2.45, 2.75) is 25.8 Å². The van der Waals surface area contributed by atoms with Crippen molar-refractivity contribution in [3.8, 4) is 0 Å². The Hall–Kier alpha value is -0.320. The van der Waals surface area contributed by atoms with E-state index in [1.165, 1.54) is 5.56 Å². The van der Waals surface area contributed by atoms with Crippen LogP contribution >= 0.6 is 31.9 Å². The van der Waals surface area contributed by atoms with Gasteiger partial charge in [0.2, 0.25) is 0 Å². The maximum atomic E-state index is 5.80. The molecule has 4 heteroatoms. The zero-order valence-corrected chi connectivity index (χ0v) is 13.6. The SMILES string of the molecule is CCNC(C1=CCCCO1)c1cc(Br)ccc1Br. The molecule has 98 valence electrons. The van der Waals surface area contributed by atoms with Crippen molar-refractivity contribution in [2.75, 3.05) is 13.2 Å². The van der Waals surface area contributed by atoms with E-state index in [4.69, 9.17) is 4.74 Å². The number of hydrogen-bond acceptors (Lipinski definition) is 2. The number of benzene rings is 1. The van der Waals surface area contributed by atoms with Crippen molar-refractivity contribution in [1.82, 2.24) is 5.32 Å². The zero-order valence-electron chi connectivity index (χ0n) is 10.4. The molecule has 0 spiro atoms. The summed E-state index contributed by atoms with van der Waals surface area (Å²) in [4.78, 5) is 0. The van der Waals surface area contributed by atoms with Crippen molar-refractivity contribution >= 4 is 31.9 Å². The van der Waals surface area contributed by atoms with Gasteiger partial charge in [-0.25, -0.2) is 0 Å². The van der Waals surface area contributed by atoms with Crippen LogP contribution in [0.2, 0.25) is 0 Å². The minimum absolute atomic E-state index is 0.127. The van der Waals surface area contributed by atoms with Gasteiger partial charge in [-0.15, -0.1) is 0 Å². The molecular formula is C14H17Br2NO. The summed E-state index contributed by atoms with van der Waals surface area (Å²) >= 11 is 7.15. The monoisotopic (exact) mass is 373 g/mol. The van der Waals surface area contributed by atoms with Crippen LogP contribution in [0, 0.1) is 0 Å². The molecule has 0 fully saturated rings. The van der Waals surface area contributed by atoms with E-state index in [1.807, 2.05) is 6.07 Å². The van der Waals surface area contributed by atoms with Gasteiger partial charge in [0.25, 0.3) is 0 Å². The molecule has 1 aromatic carbocycles. The number of likely N-dealkylation sites (N-methyl/N-ethyl adjacent to an activating group) is 1. The number of hydrogen-bond donors (Lipinski definition) is 1. The van der Waals surface area contributed by atoms with Crippen molar-refractivity contribution < 1.29 is 4.74 Å². The molecule has 0 saturated heterocycles. The van der Waals surface area contributed by atoms with Crippen LogP contribution in [0.5, 0.6) is 0 Å². The van der Waals surface area contributed by atoms with Crippen molar-refractivity contribution in [3.05, 3.63) is 44.5 Å². The minimum Gasteiger partial charge on any atom is -0.496 e. The van der Waals surface area contributed by atoms with Gasteiger partial charge in [-0.1, -0.05) is 38.8 Å². The second kappa shape index (κ2) is 6.73. The molecule has 1 aromatic rings. The van der Waals surface area contributed by atoms with Crippen molar-refractivity contribution in [1.29, 1.82) is 0 Å². The first kappa shape index (κ1) is 14.1. The lowest BCUT2D eigenvalue weighted by molar-refractivity contribution is 0.168. The van der Waals surface area contributed by atoms with Gasteiger partial charge in [-0.05, 0) is 49.2 Å². The smallest absolute Gasteiger partial charge is 0.113 e. The van der Waals surface area contributed by atoms with Crippen LogP contribution in [-0.2, 0) is 4.74 Å². The number of allylic oxidation sites excluding steroid dienone is 1. The summed E-state index contributed by atoms with van der Waals surface area (Å²) in [6, 6.07) is 6.36. The fourth-order valence-electron chi connectivity index (χ4n) is 2.08. The first-order valence-corrected chi connectivity index (χ1v) is 7.82. The minimum atomic E-state index is 0.127. The fourth-order valence-corrected chi connectivity index (χ4v) is 2.94. The van der Waals surface area contributed by atoms with E-state index >= 15 is 0 Å². The molecule has 1 N–H and O–H groups in total. The molecule has 0 saturated carbocycles. The Bertz CT molecular complexity index is 445. The average molecular weight is 375 g/mol. The predicted octanol–water partition coefficient (Wildman–Crippen LogP) is 4.56. The summed E-state index contributed by atoms with van der Waals surface area (Å²) in [6.45, 7) is 3.84. The van der Waals surface area contributed by atoms with Gasteiger partial charge in [0.15, 0.2) is 0 Å². The first-order chi connectivity index (χ1) is 8.72. The van der Waals surface area contributed by atoms with Crippen LogP contribution in [0.3, 0.4) is 0 Å². The fraction of sp³-hybridized carbons (Fsp3) is 0.429. The van der Waals surface area contributed by atoms with E-state index in [2.05, 4.69) is 62.3 Å². The maximum Gasteiger partial charge on any atom is 0.113 e. The number of rotatable bonds is 4. The van der Waals surface area contributed by atoms with Crippen LogP contribution in [-0.4, -0.2) is 13.2 Å². The van der Waals surface area contributed by atoms with E-state index in [1.54, 1.807) is 0 Å². The Kier molecular flexibility index (Phi) is 5.27. The van der Waals surface area contributed by atoms with E-state index in [0.717, 1.165) is 40.7 Å². The molecule has 0 bridgehead atoms. The summed E-state index contributed by atoms with van der Waals surface area (Å²) < 4.78 is 7.99. The third-order valence-corrected chi connectivity index (χ3v) is 4.14.